The third-order valence-corrected chi connectivity index (χ3v) is 3.24. The van der Waals surface area contributed by atoms with Crippen LogP contribution in [0.2, 0.25) is 0 Å². The molecule has 2 heterocycles. The number of rotatable bonds is 2. The molecule has 3 aromatic rings. The maximum Gasteiger partial charge on any atom is 0.222 e. The Bertz CT molecular complexity index is 731. The Balaban J connectivity index is 2.17. The monoisotopic (exact) mass is 253 g/mol. The Morgan fingerprint density at radius 2 is 2.00 bits per heavy atom. The van der Waals surface area contributed by atoms with E-state index in [9.17, 15) is 0 Å². The predicted molar refractivity (Wildman–Crippen MR) is 75.7 cm³/mol. The van der Waals surface area contributed by atoms with Crippen LogP contribution >= 0.6 is 0 Å². The second-order valence-electron chi connectivity index (χ2n) is 4.93. The number of hydrogen-bond donors (Lipinski definition) is 1. The van der Waals surface area contributed by atoms with Crippen molar-refractivity contribution in [2.45, 2.75) is 19.8 Å². The molecule has 0 saturated carbocycles. The highest BCUT2D eigenvalue weighted by atomic mass is 16.5. The summed E-state index contributed by atoms with van der Waals surface area (Å²) in [5.41, 5.74) is 8.53. The van der Waals surface area contributed by atoms with Crippen molar-refractivity contribution in [3.63, 3.8) is 0 Å². The van der Waals surface area contributed by atoms with Gasteiger partial charge in [-0.15, -0.1) is 0 Å². The zero-order valence-corrected chi connectivity index (χ0v) is 10.9. The average Bonchev–Trinajstić information content (AvgIpc) is 2.84. The predicted octanol–water partition coefficient (Wildman–Crippen LogP) is 3.60. The van der Waals surface area contributed by atoms with Crippen LogP contribution in [0.1, 0.15) is 25.3 Å². The smallest absolute Gasteiger partial charge is 0.222 e. The standard InChI is InChI=1S/C15H15N3O/c1-9(2)13-8-17-7-11-5-10(3-4-12(11)13)14-6-15(16)19-18-14/h3-9H,16H2,1-2H3. The van der Waals surface area contributed by atoms with Gasteiger partial charge in [-0.1, -0.05) is 31.1 Å². The minimum absolute atomic E-state index is 0.323. The van der Waals surface area contributed by atoms with Crippen molar-refractivity contribution >= 4 is 16.7 Å². The second-order valence-corrected chi connectivity index (χ2v) is 4.93. The maximum atomic E-state index is 5.55. The number of aromatic nitrogens is 2. The fraction of sp³-hybridized carbons (Fsp3) is 0.200. The highest BCUT2D eigenvalue weighted by Crippen LogP contribution is 2.28. The molecule has 0 unspecified atom stereocenters. The molecule has 3 rings (SSSR count). The summed E-state index contributed by atoms with van der Waals surface area (Å²) in [6.07, 6.45) is 3.80. The topological polar surface area (TPSA) is 64.9 Å². The average molecular weight is 253 g/mol. The van der Waals surface area contributed by atoms with Crippen LogP contribution in [0.4, 0.5) is 5.88 Å². The number of hydrogen-bond acceptors (Lipinski definition) is 4. The summed E-state index contributed by atoms with van der Waals surface area (Å²) in [7, 11) is 0. The fourth-order valence-corrected chi connectivity index (χ4v) is 2.24. The summed E-state index contributed by atoms with van der Waals surface area (Å²) < 4.78 is 4.91. The number of benzene rings is 1. The Labute approximate surface area is 111 Å². The molecular formula is C15H15N3O. The number of nitrogens with zero attached hydrogens (tertiary/aromatic N) is 2. The molecule has 0 aliphatic rings. The minimum atomic E-state index is 0.323. The number of fused-ring (bicyclic) bond motifs is 1. The zero-order valence-electron chi connectivity index (χ0n) is 10.9. The van der Waals surface area contributed by atoms with Crippen molar-refractivity contribution < 1.29 is 4.52 Å². The Morgan fingerprint density at radius 3 is 2.68 bits per heavy atom. The summed E-state index contributed by atoms with van der Waals surface area (Å²) in [6, 6.07) is 7.92. The molecule has 4 nitrogen and oxygen atoms in total. The van der Waals surface area contributed by atoms with E-state index in [4.69, 9.17) is 10.3 Å². The van der Waals surface area contributed by atoms with E-state index in [1.165, 1.54) is 10.9 Å². The van der Waals surface area contributed by atoms with Gasteiger partial charge in [0.05, 0.1) is 0 Å². The fourth-order valence-electron chi connectivity index (χ4n) is 2.24. The number of nitrogen functional groups attached to an aromatic ring is 1. The summed E-state index contributed by atoms with van der Waals surface area (Å²) in [6.45, 7) is 4.34. The largest absolute Gasteiger partial charge is 0.368 e. The normalized spacial score (nSPS) is 11.3. The molecule has 0 atom stereocenters. The molecule has 19 heavy (non-hydrogen) atoms. The number of anilines is 1. The van der Waals surface area contributed by atoms with Crippen LogP contribution in [0.15, 0.2) is 41.2 Å². The van der Waals surface area contributed by atoms with Gasteiger partial charge in [0, 0.05) is 29.4 Å². The highest BCUT2D eigenvalue weighted by Gasteiger charge is 2.09. The molecule has 4 heteroatoms. The molecule has 0 fully saturated rings. The lowest BCUT2D eigenvalue weighted by Crippen LogP contribution is -1.91. The van der Waals surface area contributed by atoms with E-state index < -0.39 is 0 Å². The van der Waals surface area contributed by atoms with Crippen molar-refractivity contribution in [2.24, 2.45) is 0 Å². The Morgan fingerprint density at radius 1 is 1.16 bits per heavy atom. The van der Waals surface area contributed by atoms with Gasteiger partial charge >= 0.3 is 0 Å². The SMILES string of the molecule is CC(C)c1cncc2cc(-c3cc(N)on3)ccc12. The van der Waals surface area contributed by atoms with E-state index in [0.717, 1.165) is 16.6 Å². The van der Waals surface area contributed by atoms with Crippen molar-refractivity contribution in [1.29, 1.82) is 0 Å². The first-order valence-corrected chi connectivity index (χ1v) is 6.25. The van der Waals surface area contributed by atoms with Crippen LogP contribution in [0.25, 0.3) is 22.0 Å². The molecule has 0 bridgehead atoms. The lowest BCUT2D eigenvalue weighted by Gasteiger charge is -2.09. The van der Waals surface area contributed by atoms with E-state index in [1.807, 2.05) is 18.5 Å². The van der Waals surface area contributed by atoms with Gasteiger partial charge in [0.15, 0.2) is 0 Å². The van der Waals surface area contributed by atoms with Gasteiger partial charge in [-0.3, -0.25) is 4.98 Å². The third-order valence-electron chi connectivity index (χ3n) is 3.24. The van der Waals surface area contributed by atoms with Crippen LogP contribution in [0.3, 0.4) is 0 Å². The molecule has 0 aliphatic heterocycles. The molecular weight excluding hydrogens is 238 g/mol. The summed E-state index contributed by atoms with van der Waals surface area (Å²) >= 11 is 0. The number of nitrogens with two attached hydrogens (primary N) is 1. The Kier molecular flexibility index (Phi) is 2.71. The van der Waals surface area contributed by atoms with Crippen molar-refractivity contribution in [3.05, 3.63) is 42.2 Å². The Hall–Kier alpha value is -2.36. The van der Waals surface area contributed by atoms with Crippen molar-refractivity contribution in [3.8, 4) is 11.3 Å². The first-order chi connectivity index (χ1) is 9.15. The van der Waals surface area contributed by atoms with Crippen LogP contribution in [-0.4, -0.2) is 10.1 Å². The van der Waals surface area contributed by atoms with Crippen LogP contribution in [0, 0.1) is 0 Å². The van der Waals surface area contributed by atoms with Gasteiger partial charge in [0.2, 0.25) is 5.88 Å². The van der Waals surface area contributed by atoms with Crippen molar-refractivity contribution in [1.82, 2.24) is 10.1 Å². The zero-order chi connectivity index (χ0) is 13.4. The van der Waals surface area contributed by atoms with Crippen LogP contribution in [0.5, 0.6) is 0 Å². The third kappa shape index (κ3) is 2.05. The molecule has 1 aromatic carbocycles. The van der Waals surface area contributed by atoms with Gasteiger partial charge in [0.1, 0.15) is 5.69 Å². The molecule has 0 aliphatic carbocycles. The van der Waals surface area contributed by atoms with Gasteiger partial charge in [0.25, 0.3) is 0 Å². The van der Waals surface area contributed by atoms with Crippen LogP contribution in [-0.2, 0) is 0 Å². The highest BCUT2D eigenvalue weighted by molar-refractivity contribution is 5.89. The van der Waals surface area contributed by atoms with E-state index in [1.54, 1.807) is 6.07 Å². The van der Waals surface area contributed by atoms with Gasteiger partial charge in [-0.05, 0) is 22.9 Å². The first-order valence-electron chi connectivity index (χ1n) is 6.25. The van der Waals surface area contributed by atoms with Crippen LogP contribution < -0.4 is 5.73 Å². The van der Waals surface area contributed by atoms with E-state index in [-0.39, 0.29) is 0 Å². The second kappa shape index (κ2) is 4.39. The summed E-state index contributed by atoms with van der Waals surface area (Å²) in [5.74, 6) is 0.772. The van der Waals surface area contributed by atoms with Crippen molar-refractivity contribution in [2.75, 3.05) is 5.73 Å². The van der Waals surface area contributed by atoms with E-state index >= 15 is 0 Å². The lowest BCUT2D eigenvalue weighted by molar-refractivity contribution is 0.439. The molecule has 96 valence electrons. The summed E-state index contributed by atoms with van der Waals surface area (Å²) in [5, 5.41) is 6.26. The van der Waals surface area contributed by atoms with Gasteiger partial charge < -0.3 is 10.3 Å². The van der Waals surface area contributed by atoms with E-state index in [2.05, 4.69) is 36.1 Å². The first kappa shape index (κ1) is 11.7. The molecule has 0 amide bonds. The quantitative estimate of drug-likeness (QED) is 0.757. The lowest BCUT2D eigenvalue weighted by atomic mass is 9.97. The summed E-state index contributed by atoms with van der Waals surface area (Å²) in [4.78, 5) is 4.31. The molecule has 0 radical (unpaired) electrons. The van der Waals surface area contributed by atoms with Gasteiger partial charge in [-0.25, -0.2) is 0 Å². The van der Waals surface area contributed by atoms with Gasteiger partial charge in [-0.2, -0.15) is 0 Å². The molecule has 2 N–H and O–H groups in total. The van der Waals surface area contributed by atoms with E-state index in [0.29, 0.717) is 11.8 Å². The number of pyridine rings is 1. The maximum absolute atomic E-state index is 5.55. The molecule has 0 spiro atoms. The minimum Gasteiger partial charge on any atom is -0.368 e. The molecule has 2 aromatic heterocycles. The molecule has 0 saturated heterocycles.